The molecular formula is C16H27N3. The van der Waals surface area contributed by atoms with Crippen LogP contribution < -0.4 is 5.32 Å². The molecule has 2 rings (SSSR count). The first kappa shape index (κ1) is 14.5. The predicted octanol–water partition coefficient (Wildman–Crippen LogP) is 2.74. The van der Waals surface area contributed by atoms with Crippen molar-refractivity contribution in [3.8, 4) is 0 Å². The first-order chi connectivity index (χ1) is 9.15. The molecule has 106 valence electrons. The van der Waals surface area contributed by atoms with Crippen LogP contribution in [-0.2, 0) is 6.54 Å². The van der Waals surface area contributed by atoms with Gasteiger partial charge in [-0.15, -0.1) is 0 Å². The number of aryl methyl sites for hydroxylation is 1. The molecule has 19 heavy (non-hydrogen) atoms. The molecule has 3 nitrogen and oxygen atoms in total. The fourth-order valence-corrected chi connectivity index (χ4v) is 2.62. The van der Waals surface area contributed by atoms with Gasteiger partial charge in [-0.3, -0.25) is 9.88 Å². The molecule has 0 aliphatic carbocycles. The highest BCUT2D eigenvalue weighted by Crippen LogP contribution is 2.13. The van der Waals surface area contributed by atoms with Crippen molar-refractivity contribution in [2.45, 2.75) is 58.7 Å². The Morgan fingerprint density at radius 2 is 2.21 bits per heavy atom. The molecule has 0 aromatic carbocycles. The maximum Gasteiger partial charge on any atom is 0.0544 e. The number of hydrogen-bond donors (Lipinski definition) is 1. The molecule has 1 aromatic rings. The average molecular weight is 261 g/mol. The number of pyridine rings is 1. The van der Waals surface area contributed by atoms with Crippen molar-refractivity contribution in [3.05, 3.63) is 29.6 Å². The Kier molecular flexibility index (Phi) is 5.34. The lowest BCUT2D eigenvalue weighted by atomic mass is 10.0. The fraction of sp³-hybridized carbons (Fsp3) is 0.688. The van der Waals surface area contributed by atoms with Gasteiger partial charge in [-0.1, -0.05) is 12.5 Å². The largest absolute Gasteiger partial charge is 0.313 e. The number of rotatable bonds is 5. The van der Waals surface area contributed by atoms with Gasteiger partial charge in [-0.05, 0) is 51.8 Å². The quantitative estimate of drug-likeness (QED) is 0.883. The van der Waals surface area contributed by atoms with Crippen molar-refractivity contribution in [1.82, 2.24) is 15.2 Å². The fourth-order valence-electron chi connectivity index (χ4n) is 2.62. The van der Waals surface area contributed by atoms with E-state index in [0.717, 1.165) is 13.1 Å². The molecule has 1 fully saturated rings. The summed E-state index contributed by atoms with van der Waals surface area (Å²) in [5, 5.41) is 3.64. The molecule has 0 saturated carbocycles. The van der Waals surface area contributed by atoms with E-state index in [1.165, 1.54) is 37.1 Å². The minimum absolute atomic E-state index is 0.562. The van der Waals surface area contributed by atoms with Crippen molar-refractivity contribution in [1.29, 1.82) is 0 Å². The standard InChI is InChI=1S/C16H27N3/c1-13(2)19(11-15-6-4-5-9-17-15)12-16-8-7-14(3)10-18-16/h7-8,10,13,15,17H,4-6,9,11-12H2,1-3H3. The lowest BCUT2D eigenvalue weighted by Gasteiger charge is -2.32. The van der Waals surface area contributed by atoms with E-state index in [9.17, 15) is 0 Å². The molecule has 2 heterocycles. The Morgan fingerprint density at radius 3 is 2.79 bits per heavy atom. The molecule has 1 aliphatic rings. The van der Waals surface area contributed by atoms with Gasteiger partial charge in [-0.2, -0.15) is 0 Å². The summed E-state index contributed by atoms with van der Waals surface area (Å²) < 4.78 is 0. The lowest BCUT2D eigenvalue weighted by molar-refractivity contribution is 0.175. The zero-order chi connectivity index (χ0) is 13.7. The number of nitrogens with zero attached hydrogens (tertiary/aromatic N) is 2. The van der Waals surface area contributed by atoms with Crippen molar-refractivity contribution < 1.29 is 0 Å². The second-order valence-corrected chi connectivity index (χ2v) is 6.00. The van der Waals surface area contributed by atoms with Crippen LogP contribution in [0.25, 0.3) is 0 Å². The zero-order valence-electron chi connectivity index (χ0n) is 12.5. The van der Waals surface area contributed by atoms with E-state index < -0.39 is 0 Å². The molecule has 1 unspecified atom stereocenters. The third-order valence-electron chi connectivity index (χ3n) is 3.94. The SMILES string of the molecule is Cc1ccc(CN(CC2CCCCN2)C(C)C)nc1. The minimum atomic E-state index is 0.562. The zero-order valence-corrected chi connectivity index (χ0v) is 12.5. The van der Waals surface area contributed by atoms with Gasteiger partial charge < -0.3 is 5.32 Å². The number of nitrogens with one attached hydrogen (secondary N) is 1. The van der Waals surface area contributed by atoms with Crippen LogP contribution in [0.5, 0.6) is 0 Å². The summed E-state index contributed by atoms with van der Waals surface area (Å²) in [7, 11) is 0. The van der Waals surface area contributed by atoms with Crippen LogP contribution in [-0.4, -0.2) is 35.1 Å². The molecule has 1 aromatic heterocycles. The Hall–Kier alpha value is -0.930. The van der Waals surface area contributed by atoms with Crippen LogP contribution in [0.1, 0.15) is 44.4 Å². The van der Waals surface area contributed by atoms with Crippen LogP contribution in [0.4, 0.5) is 0 Å². The average Bonchev–Trinajstić information content (AvgIpc) is 2.41. The van der Waals surface area contributed by atoms with Gasteiger partial charge in [0.25, 0.3) is 0 Å². The second-order valence-electron chi connectivity index (χ2n) is 6.00. The molecule has 1 atom stereocenters. The first-order valence-electron chi connectivity index (χ1n) is 7.54. The topological polar surface area (TPSA) is 28.2 Å². The molecule has 0 radical (unpaired) electrons. The lowest BCUT2D eigenvalue weighted by Crippen LogP contribution is -2.45. The maximum absolute atomic E-state index is 4.53. The number of hydrogen-bond acceptors (Lipinski definition) is 3. The van der Waals surface area contributed by atoms with Crippen LogP contribution in [0, 0.1) is 6.92 Å². The molecule has 1 saturated heterocycles. The van der Waals surface area contributed by atoms with Gasteiger partial charge >= 0.3 is 0 Å². The van der Waals surface area contributed by atoms with Gasteiger partial charge in [0.05, 0.1) is 5.69 Å². The highest BCUT2D eigenvalue weighted by Gasteiger charge is 2.18. The molecule has 0 spiro atoms. The summed E-state index contributed by atoms with van der Waals surface area (Å²) in [6.45, 7) is 9.90. The Bertz CT molecular complexity index is 366. The number of aromatic nitrogens is 1. The van der Waals surface area contributed by atoms with Crippen LogP contribution in [0.2, 0.25) is 0 Å². The van der Waals surface area contributed by atoms with Crippen molar-refractivity contribution >= 4 is 0 Å². The predicted molar refractivity (Wildman–Crippen MR) is 80.2 cm³/mol. The summed E-state index contributed by atoms with van der Waals surface area (Å²) in [5.41, 5.74) is 2.41. The smallest absolute Gasteiger partial charge is 0.0544 e. The van der Waals surface area contributed by atoms with Gasteiger partial charge in [-0.25, -0.2) is 0 Å². The Morgan fingerprint density at radius 1 is 1.37 bits per heavy atom. The van der Waals surface area contributed by atoms with E-state index in [0.29, 0.717) is 12.1 Å². The highest BCUT2D eigenvalue weighted by atomic mass is 15.2. The van der Waals surface area contributed by atoms with Crippen molar-refractivity contribution in [2.75, 3.05) is 13.1 Å². The molecule has 1 aliphatic heterocycles. The summed E-state index contributed by atoms with van der Waals surface area (Å²) in [5.74, 6) is 0. The Balaban J connectivity index is 1.93. The van der Waals surface area contributed by atoms with Crippen LogP contribution in [0.3, 0.4) is 0 Å². The van der Waals surface area contributed by atoms with E-state index in [2.05, 4.69) is 48.1 Å². The highest BCUT2D eigenvalue weighted by molar-refractivity contribution is 5.12. The van der Waals surface area contributed by atoms with Crippen LogP contribution in [0.15, 0.2) is 18.3 Å². The molecule has 0 amide bonds. The van der Waals surface area contributed by atoms with Crippen molar-refractivity contribution in [2.24, 2.45) is 0 Å². The monoisotopic (exact) mass is 261 g/mol. The third-order valence-corrected chi connectivity index (χ3v) is 3.94. The Labute approximate surface area is 117 Å². The van der Waals surface area contributed by atoms with Gasteiger partial charge in [0.1, 0.15) is 0 Å². The minimum Gasteiger partial charge on any atom is -0.313 e. The van der Waals surface area contributed by atoms with E-state index in [-0.39, 0.29) is 0 Å². The summed E-state index contributed by atoms with van der Waals surface area (Å²) in [6.07, 6.45) is 5.97. The van der Waals surface area contributed by atoms with Crippen LogP contribution >= 0.6 is 0 Å². The van der Waals surface area contributed by atoms with E-state index in [4.69, 9.17) is 0 Å². The van der Waals surface area contributed by atoms with E-state index in [1.54, 1.807) is 0 Å². The first-order valence-corrected chi connectivity index (χ1v) is 7.54. The summed E-state index contributed by atoms with van der Waals surface area (Å²) in [4.78, 5) is 7.06. The second kappa shape index (κ2) is 7.01. The van der Waals surface area contributed by atoms with Gasteiger partial charge in [0.15, 0.2) is 0 Å². The summed E-state index contributed by atoms with van der Waals surface area (Å²) >= 11 is 0. The number of piperidine rings is 1. The normalized spacial score (nSPS) is 20.2. The molecule has 3 heteroatoms. The van der Waals surface area contributed by atoms with E-state index in [1.807, 2.05) is 6.20 Å². The molecular weight excluding hydrogens is 234 g/mol. The van der Waals surface area contributed by atoms with E-state index >= 15 is 0 Å². The maximum atomic E-state index is 4.53. The van der Waals surface area contributed by atoms with Gasteiger partial charge in [0.2, 0.25) is 0 Å². The molecule has 1 N–H and O–H groups in total. The molecule has 0 bridgehead atoms. The van der Waals surface area contributed by atoms with Gasteiger partial charge in [0, 0.05) is 31.4 Å². The third kappa shape index (κ3) is 4.59. The van der Waals surface area contributed by atoms with Crippen molar-refractivity contribution in [3.63, 3.8) is 0 Å². The summed E-state index contributed by atoms with van der Waals surface area (Å²) in [6, 6.07) is 5.52.